The maximum Gasteiger partial charge on any atom is 0.126 e. The lowest BCUT2D eigenvalue weighted by Gasteiger charge is -2.27. The van der Waals surface area contributed by atoms with Gasteiger partial charge in [-0.3, -0.25) is 4.90 Å². The maximum atomic E-state index is 13.5. The first-order valence-corrected chi connectivity index (χ1v) is 6.83. The van der Waals surface area contributed by atoms with Gasteiger partial charge in [0.05, 0.1) is 0 Å². The van der Waals surface area contributed by atoms with Gasteiger partial charge in [-0.05, 0) is 63.5 Å². The van der Waals surface area contributed by atoms with E-state index in [4.69, 9.17) is 0 Å². The van der Waals surface area contributed by atoms with Crippen LogP contribution in [0.15, 0.2) is 18.2 Å². The number of nitrogens with one attached hydrogen (secondary N) is 1. The van der Waals surface area contributed by atoms with Gasteiger partial charge in [-0.2, -0.15) is 0 Å². The Kier molecular flexibility index (Phi) is 6.76. The van der Waals surface area contributed by atoms with Gasteiger partial charge in [-0.1, -0.05) is 12.1 Å². The summed E-state index contributed by atoms with van der Waals surface area (Å²) in [5.41, 5.74) is 1.79. The molecule has 1 fully saturated rings. The van der Waals surface area contributed by atoms with Crippen molar-refractivity contribution in [1.82, 2.24) is 10.2 Å². The number of nitrogens with zero attached hydrogens (tertiary/aromatic N) is 1. The zero-order chi connectivity index (χ0) is 13.0. The number of rotatable bonds is 3. The molecule has 0 bridgehead atoms. The fourth-order valence-corrected chi connectivity index (χ4v) is 2.59. The molecular weight excluding hydrogens is 263 g/mol. The van der Waals surface area contributed by atoms with Gasteiger partial charge in [0.2, 0.25) is 0 Å². The summed E-state index contributed by atoms with van der Waals surface area (Å²) >= 11 is 0. The van der Waals surface area contributed by atoms with Crippen molar-refractivity contribution in [1.29, 1.82) is 0 Å². The van der Waals surface area contributed by atoms with E-state index in [0.29, 0.717) is 6.04 Å². The quantitative estimate of drug-likeness (QED) is 0.918. The van der Waals surface area contributed by atoms with Crippen LogP contribution in [0.1, 0.15) is 30.4 Å². The Morgan fingerprint density at radius 2 is 2.11 bits per heavy atom. The van der Waals surface area contributed by atoms with Crippen molar-refractivity contribution in [2.45, 2.75) is 38.8 Å². The van der Waals surface area contributed by atoms with Crippen molar-refractivity contribution in [2.24, 2.45) is 0 Å². The molecule has 2 nitrogen and oxygen atoms in total. The molecule has 0 radical (unpaired) electrons. The Morgan fingerprint density at radius 3 is 2.84 bits per heavy atom. The van der Waals surface area contributed by atoms with Crippen LogP contribution >= 0.6 is 12.4 Å². The van der Waals surface area contributed by atoms with E-state index < -0.39 is 0 Å². The number of aryl methyl sites for hydroxylation is 1. The van der Waals surface area contributed by atoms with Gasteiger partial charge in [-0.25, -0.2) is 4.39 Å². The van der Waals surface area contributed by atoms with Gasteiger partial charge in [-0.15, -0.1) is 12.4 Å². The molecule has 1 unspecified atom stereocenters. The van der Waals surface area contributed by atoms with E-state index in [1.807, 2.05) is 12.1 Å². The second-order valence-electron chi connectivity index (χ2n) is 5.33. The lowest BCUT2D eigenvalue weighted by Crippen LogP contribution is -2.32. The van der Waals surface area contributed by atoms with Crippen LogP contribution in [-0.2, 0) is 6.54 Å². The molecule has 0 aliphatic carbocycles. The van der Waals surface area contributed by atoms with Crippen molar-refractivity contribution in [3.05, 3.63) is 35.1 Å². The average molecular weight is 287 g/mol. The molecule has 1 aliphatic heterocycles. The number of benzene rings is 1. The highest BCUT2D eigenvalue weighted by Gasteiger charge is 2.16. The first-order valence-electron chi connectivity index (χ1n) is 6.83. The molecular formula is C15H24ClFN2. The summed E-state index contributed by atoms with van der Waals surface area (Å²) in [6.45, 7) is 4.86. The van der Waals surface area contributed by atoms with Crippen LogP contribution in [0, 0.1) is 12.7 Å². The Labute approximate surface area is 121 Å². The first-order chi connectivity index (χ1) is 8.66. The minimum atomic E-state index is -0.0940. The summed E-state index contributed by atoms with van der Waals surface area (Å²) in [7, 11) is 2.15. The topological polar surface area (TPSA) is 15.3 Å². The van der Waals surface area contributed by atoms with Gasteiger partial charge < -0.3 is 5.32 Å². The Balaban J connectivity index is 0.00000180. The Bertz CT molecular complexity index is 390. The third-order valence-corrected chi connectivity index (χ3v) is 3.84. The van der Waals surface area contributed by atoms with Crippen molar-refractivity contribution in [2.75, 3.05) is 20.1 Å². The molecule has 19 heavy (non-hydrogen) atoms. The molecule has 1 aromatic carbocycles. The van der Waals surface area contributed by atoms with Gasteiger partial charge in [0.25, 0.3) is 0 Å². The van der Waals surface area contributed by atoms with E-state index in [1.54, 1.807) is 13.0 Å². The third kappa shape index (κ3) is 4.75. The van der Waals surface area contributed by atoms with Crippen LogP contribution in [-0.4, -0.2) is 31.1 Å². The zero-order valence-electron chi connectivity index (χ0n) is 11.8. The van der Waals surface area contributed by atoms with E-state index in [2.05, 4.69) is 17.3 Å². The highest BCUT2D eigenvalue weighted by molar-refractivity contribution is 5.85. The third-order valence-electron chi connectivity index (χ3n) is 3.84. The van der Waals surface area contributed by atoms with Gasteiger partial charge >= 0.3 is 0 Å². The van der Waals surface area contributed by atoms with Crippen molar-refractivity contribution in [3.8, 4) is 0 Å². The number of hydrogen-bond acceptors (Lipinski definition) is 2. The standard InChI is InChI=1S/C15H23FN2.ClH/c1-12-5-6-13(10-15(12)16)11-18(2)14-4-3-8-17-9-7-14;/h5-6,10,14,17H,3-4,7-9,11H2,1-2H3;1H. The second-order valence-corrected chi connectivity index (χ2v) is 5.33. The molecule has 2 rings (SSSR count). The highest BCUT2D eigenvalue weighted by Crippen LogP contribution is 2.16. The molecule has 4 heteroatoms. The highest BCUT2D eigenvalue weighted by atomic mass is 35.5. The summed E-state index contributed by atoms with van der Waals surface area (Å²) in [5.74, 6) is -0.0940. The van der Waals surface area contributed by atoms with Crippen LogP contribution in [0.5, 0.6) is 0 Å². The van der Waals surface area contributed by atoms with Gasteiger partial charge in [0, 0.05) is 12.6 Å². The Hall–Kier alpha value is -0.640. The van der Waals surface area contributed by atoms with E-state index >= 15 is 0 Å². The van der Waals surface area contributed by atoms with E-state index in [0.717, 1.165) is 30.8 Å². The van der Waals surface area contributed by atoms with Crippen LogP contribution in [0.3, 0.4) is 0 Å². The lowest BCUT2D eigenvalue weighted by atomic mass is 10.1. The van der Waals surface area contributed by atoms with Gasteiger partial charge in [0.15, 0.2) is 0 Å². The predicted molar refractivity (Wildman–Crippen MR) is 80.4 cm³/mol. The SMILES string of the molecule is Cc1ccc(CN(C)C2CCCNCC2)cc1F.Cl. The molecule has 1 N–H and O–H groups in total. The van der Waals surface area contributed by atoms with E-state index in [-0.39, 0.29) is 18.2 Å². The van der Waals surface area contributed by atoms with Gasteiger partial charge in [0.1, 0.15) is 5.82 Å². The average Bonchev–Trinajstić information content (AvgIpc) is 2.62. The summed E-state index contributed by atoms with van der Waals surface area (Å²) in [5, 5.41) is 3.43. The molecule has 1 heterocycles. The zero-order valence-corrected chi connectivity index (χ0v) is 12.6. The number of halogens is 2. The van der Waals surface area contributed by atoms with Crippen LogP contribution in [0.25, 0.3) is 0 Å². The van der Waals surface area contributed by atoms with Crippen LogP contribution in [0.2, 0.25) is 0 Å². The summed E-state index contributed by atoms with van der Waals surface area (Å²) in [6.07, 6.45) is 3.65. The summed E-state index contributed by atoms with van der Waals surface area (Å²) in [6, 6.07) is 6.18. The molecule has 1 aliphatic rings. The number of hydrogen-bond donors (Lipinski definition) is 1. The Morgan fingerprint density at radius 1 is 1.32 bits per heavy atom. The second kappa shape index (κ2) is 7.83. The molecule has 108 valence electrons. The molecule has 0 aromatic heterocycles. The normalized spacial score (nSPS) is 19.9. The largest absolute Gasteiger partial charge is 0.317 e. The maximum absolute atomic E-state index is 13.5. The minimum Gasteiger partial charge on any atom is -0.317 e. The van der Waals surface area contributed by atoms with Crippen molar-refractivity contribution in [3.63, 3.8) is 0 Å². The van der Waals surface area contributed by atoms with E-state index in [9.17, 15) is 4.39 Å². The summed E-state index contributed by atoms with van der Waals surface area (Å²) < 4.78 is 13.5. The lowest BCUT2D eigenvalue weighted by molar-refractivity contribution is 0.216. The van der Waals surface area contributed by atoms with Crippen molar-refractivity contribution < 1.29 is 4.39 Å². The molecule has 0 amide bonds. The first kappa shape index (κ1) is 16.4. The fraction of sp³-hybridized carbons (Fsp3) is 0.600. The fourth-order valence-electron chi connectivity index (χ4n) is 2.59. The van der Waals surface area contributed by atoms with Crippen LogP contribution < -0.4 is 5.32 Å². The summed E-state index contributed by atoms with van der Waals surface area (Å²) in [4.78, 5) is 2.36. The van der Waals surface area contributed by atoms with Crippen molar-refractivity contribution >= 4 is 12.4 Å². The minimum absolute atomic E-state index is 0. The monoisotopic (exact) mass is 286 g/mol. The van der Waals surface area contributed by atoms with E-state index in [1.165, 1.54) is 19.3 Å². The molecule has 1 atom stereocenters. The molecule has 1 aromatic rings. The predicted octanol–water partition coefficient (Wildman–Crippen LogP) is 3.13. The molecule has 1 saturated heterocycles. The molecule has 0 saturated carbocycles. The smallest absolute Gasteiger partial charge is 0.126 e. The van der Waals surface area contributed by atoms with Crippen LogP contribution in [0.4, 0.5) is 4.39 Å². The molecule has 0 spiro atoms.